The van der Waals surface area contributed by atoms with Crippen LogP contribution in [-0.2, 0) is 4.74 Å². The van der Waals surface area contributed by atoms with E-state index in [4.69, 9.17) is 4.74 Å². The molecule has 0 aliphatic heterocycles. The van der Waals surface area contributed by atoms with Gasteiger partial charge in [-0.05, 0) is 18.9 Å². The van der Waals surface area contributed by atoms with Crippen LogP contribution in [-0.4, -0.2) is 17.2 Å². The molecule has 1 aliphatic carbocycles. The van der Waals surface area contributed by atoms with Crippen molar-refractivity contribution >= 4 is 17.1 Å². The van der Waals surface area contributed by atoms with E-state index < -0.39 is 45.7 Å². The second-order valence-electron chi connectivity index (χ2n) is 4.56. The Morgan fingerprint density at radius 2 is 1.95 bits per heavy atom. The summed E-state index contributed by atoms with van der Waals surface area (Å²) in [6, 6.07) is 0.533. The summed E-state index contributed by atoms with van der Waals surface area (Å²) in [5, 5.41) is -0.469. The number of hydrogen-bond acceptors (Lipinski definition) is 4. The minimum Gasteiger partial charge on any atom is -0.431 e. The van der Waals surface area contributed by atoms with Crippen LogP contribution in [0.4, 0.5) is 18.0 Å². The zero-order valence-electron chi connectivity index (χ0n) is 10.4. The average Bonchev–Trinajstić information content (AvgIpc) is 3.24. The lowest BCUT2D eigenvalue weighted by molar-refractivity contribution is 0.0921. The number of pyridine rings is 1. The first kappa shape index (κ1) is 13.5. The minimum atomic E-state index is -1.69. The Labute approximate surface area is 115 Å². The summed E-state index contributed by atoms with van der Waals surface area (Å²) in [6.45, 7) is 0. The fourth-order valence-electron chi connectivity index (χ4n) is 1.76. The summed E-state index contributed by atoms with van der Waals surface area (Å²) >= 11 is 0. The van der Waals surface area contributed by atoms with E-state index in [0.29, 0.717) is 6.07 Å². The molecule has 0 radical (unpaired) electrons. The number of benzene rings is 1. The monoisotopic (exact) mass is 299 g/mol. The molecule has 110 valence electrons. The maximum atomic E-state index is 13.5. The molecule has 1 aromatic heterocycles. The smallest absolute Gasteiger partial charge is 0.431 e. The van der Waals surface area contributed by atoms with Gasteiger partial charge in [0.15, 0.2) is 23.2 Å². The van der Waals surface area contributed by atoms with Crippen LogP contribution in [0, 0.1) is 17.5 Å². The summed E-state index contributed by atoms with van der Waals surface area (Å²) in [5.74, 6) is -5.21. The van der Waals surface area contributed by atoms with E-state index in [1.807, 2.05) is 0 Å². The molecule has 1 saturated carbocycles. The van der Waals surface area contributed by atoms with Gasteiger partial charge in [0.2, 0.25) is 5.43 Å². The Kier molecular flexibility index (Phi) is 3.08. The number of aromatic amines is 1. The van der Waals surface area contributed by atoms with E-state index in [-0.39, 0.29) is 6.10 Å². The highest BCUT2D eigenvalue weighted by molar-refractivity contribution is 5.81. The van der Waals surface area contributed by atoms with Crippen LogP contribution >= 0.6 is 0 Å². The molecule has 1 N–H and O–H groups in total. The molecule has 0 bridgehead atoms. The van der Waals surface area contributed by atoms with Crippen molar-refractivity contribution in [1.29, 1.82) is 0 Å². The van der Waals surface area contributed by atoms with E-state index >= 15 is 0 Å². The van der Waals surface area contributed by atoms with Crippen molar-refractivity contribution < 1.29 is 27.4 Å². The van der Waals surface area contributed by atoms with Crippen LogP contribution in [0.3, 0.4) is 0 Å². The second kappa shape index (κ2) is 4.80. The van der Waals surface area contributed by atoms with Crippen molar-refractivity contribution in [2.24, 2.45) is 0 Å². The Morgan fingerprint density at radius 1 is 1.24 bits per heavy atom. The number of halogens is 3. The third-order valence-corrected chi connectivity index (χ3v) is 2.96. The lowest BCUT2D eigenvalue weighted by atomic mass is 10.2. The Bertz CT molecular complexity index is 798. The van der Waals surface area contributed by atoms with E-state index in [1.54, 1.807) is 0 Å². The zero-order chi connectivity index (χ0) is 15.1. The number of H-pyrrole nitrogens is 1. The Balaban J connectivity index is 2.01. The van der Waals surface area contributed by atoms with Gasteiger partial charge in [-0.1, -0.05) is 0 Å². The van der Waals surface area contributed by atoms with Gasteiger partial charge >= 0.3 is 6.16 Å². The van der Waals surface area contributed by atoms with Crippen LogP contribution in [0.25, 0.3) is 10.9 Å². The van der Waals surface area contributed by atoms with Crippen LogP contribution in [0.5, 0.6) is 5.75 Å². The Hall–Kier alpha value is -2.51. The molecule has 2 aromatic rings. The van der Waals surface area contributed by atoms with Gasteiger partial charge in [-0.2, -0.15) is 0 Å². The van der Waals surface area contributed by atoms with Crippen molar-refractivity contribution in [2.45, 2.75) is 18.9 Å². The molecule has 1 aliphatic rings. The summed E-state index contributed by atoms with van der Waals surface area (Å²) in [7, 11) is 0. The van der Waals surface area contributed by atoms with E-state index in [1.165, 1.54) is 0 Å². The third-order valence-electron chi connectivity index (χ3n) is 2.96. The van der Waals surface area contributed by atoms with Gasteiger partial charge in [-0.3, -0.25) is 4.79 Å². The van der Waals surface area contributed by atoms with Gasteiger partial charge < -0.3 is 14.5 Å². The van der Waals surface area contributed by atoms with Gasteiger partial charge in [-0.25, -0.2) is 18.0 Å². The quantitative estimate of drug-likeness (QED) is 0.683. The number of nitrogens with one attached hydrogen (secondary N) is 1. The number of rotatable bonds is 2. The van der Waals surface area contributed by atoms with Crippen molar-refractivity contribution in [3.63, 3.8) is 0 Å². The molecule has 21 heavy (non-hydrogen) atoms. The van der Waals surface area contributed by atoms with E-state index in [0.717, 1.165) is 19.0 Å². The lowest BCUT2D eigenvalue weighted by Crippen LogP contribution is -2.17. The number of ether oxygens (including phenoxy) is 2. The maximum Gasteiger partial charge on any atom is 0.514 e. The third kappa shape index (κ3) is 2.44. The predicted octanol–water partition coefficient (Wildman–Crippen LogP) is 2.62. The van der Waals surface area contributed by atoms with Crippen molar-refractivity contribution in [3.8, 4) is 5.75 Å². The van der Waals surface area contributed by atoms with Gasteiger partial charge in [0.25, 0.3) is 0 Å². The van der Waals surface area contributed by atoms with Crippen LogP contribution in [0.2, 0.25) is 0 Å². The van der Waals surface area contributed by atoms with Crippen LogP contribution in [0.15, 0.2) is 17.1 Å². The number of carbonyl (C=O) groups excluding carboxylic acids is 1. The molecule has 0 saturated heterocycles. The standard InChI is InChI=1S/C13H8F3NO4/c14-7-3-6-11(10(16)9(7)15)17-4-8(12(6)18)21-13(19)20-5-1-2-5/h3-5H,1-2H2,(H,17,18). The summed E-state index contributed by atoms with van der Waals surface area (Å²) in [6.07, 6.45) is 1.03. The normalized spacial score (nSPS) is 14.2. The second-order valence-corrected chi connectivity index (χ2v) is 4.56. The molecular weight excluding hydrogens is 291 g/mol. The van der Waals surface area contributed by atoms with Crippen LogP contribution < -0.4 is 10.2 Å². The fraction of sp³-hybridized carbons (Fsp3) is 0.231. The van der Waals surface area contributed by atoms with Gasteiger partial charge in [0, 0.05) is 6.20 Å². The van der Waals surface area contributed by atoms with Crippen LogP contribution in [0.1, 0.15) is 12.8 Å². The topological polar surface area (TPSA) is 68.4 Å². The largest absolute Gasteiger partial charge is 0.514 e. The highest BCUT2D eigenvalue weighted by atomic mass is 19.2. The first-order valence-corrected chi connectivity index (χ1v) is 6.04. The molecule has 3 rings (SSSR count). The zero-order valence-corrected chi connectivity index (χ0v) is 10.4. The summed E-state index contributed by atoms with van der Waals surface area (Å²) < 4.78 is 49.2. The molecule has 0 atom stereocenters. The first-order valence-electron chi connectivity index (χ1n) is 6.04. The number of carbonyl (C=O) groups is 1. The summed E-state index contributed by atoms with van der Waals surface area (Å²) in [4.78, 5) is 25.6. The molecular formula is C13H8F3NO4. The highest BCUT2D eigenvalue weighted by Gasteiger charge is 2.27. The molecule has 8 heteroatoms. The van der Waals surface area contributed by atoms with Gasteiger partial charge in [0.05, 0.1) is 10.9 Å². The molecule has 0 unspecified atom stereocenters. The SMILES string of the molecule is O=C(Oc1c[nH]c2c(F)c(F)c(F)cc2c1=O)OC1CC1. The van der Waals surface area contributed by atoms with Crippen molar-refractivity contribution in [1.82, 2.24) is 4.98 Å². The Morgan fingerprint density at radius 3 is 2.62 bits per heavy atom. The number of fused-ring (bicyclic) bond motifs is 1. The van der Waals surface area contributed by atoms with Crippen molar-refractivity contribution in [3.05, 3.63) is 39.9 Å². The van der Waals surface area contributed by atoms with E-state index in [2.05, 4.69) is 9.72 Å². The molecule has 1 fully saturated rings. The van der Waals surface area contributed by atoms with Gasteiger partial charge in [-0.15, -0.1) is 0 Å². The predicted molar refractivity (Wildman–Crippen MR) is 64.6 cm³/mol. The summed E-state index contributed by atoms with van der Waals surface area (Å²) in [5.41, 5.74) is -1.46. The lowest BCUT2D eigenvalue weighted by Gasteiger charge is -2.06. The molecule has 1 aromatic carbocycles. The molecule has 0 spiro atoms. The highest BCUT2D eigenvalue weighted by Crippen LogP contribution is 2.24. The minimum absolute atomic E-state index is 0.221. The fourth-order valence-corrected chi connectivity index (χ4v) is 1.76. The number of hydrogen-bond donors (Lipinski definition) is 1. The maximum absolute atomic E-state index is 13.5. The molecule has 5 nitrogen and oxygen atoms in total. The van der Waals surface area contributed by atoms with Gasteiger partial charge in [0.1, 0.15) is 6.10 Å². The van der Waals surface area contributed by atoms with E-state index in [9.17, 15) is 22.8 Å². The van der Waals surface area contributed by atoms with Crippen molar-refractivity contribution in [2.75, 3.05) is 0 Å². The number of aromatic nitrogens is 1. The molecule has 0 amide bonds. The molecule has 1 heterocycles. The average molecular weight is 299 g/mol. The first-order chi connectivity index (χ1) is 9.97.